The van der Waals surface area contributed by atoms with E-state index in [4.69, 9.17) is 0 Å². The minimum absolute atomic E-state index is 0.122. The Morgan fingerprint density at radius 1 is 1.28 bits per heavy atom. The molecule has 0 atom stereocenters. The number of rotatable bonds is 2. The fourth-order valence-electron chi connectivity index (χ4n) is 1.69. The van der Waals surface area contributed by atoms with Gasteiger partial charge in [-0.3, -0.25) is 0 Å². The molecule has 2 aromatic heterocycles. The zero-order valence-electron chi connectivity index (χ0n) is 11.0. The van der Waals surface area contributed by atoms with Crippen LogP contribution in [-0.4, -0.2) is 28.6 Å². The van der Waals surface area contributed by atoms with Crippen molar-refractivity contribution in [3.05, 3.63) is 10.7 Å². The summed E-state index contributed by atoms with van der Waals surface area (Å²) in [4.78, 5) is 4.83. The second-order valence-corrected chi connectivity index (χ2v) is 7.93. The molecule has 0 saturated heterocycles. The summed E-state index contributed by atoms with van der Waals surface area (Å²) in [5.41, 5.74) is -0.0778. The fourth-order valence-corrected chi connectivity index (χ4v) is 4.22. The molecule has 0 aliphatic carbocycles. The van der Waals surface area contributed by atoms with E-state index in [9.17, 15) is 8.42 Å². The molecular formula is C10H16N4O2S2. The molecule has 0 aliphatic rings. The molecule has 2 aromatic rings. The molecule has 100 valence electrons. The van der Waals surface area contributed by atoms with Gasteiger partial charge in [0.1, 0.15) is 5.01 Å². The molecule has 0 fully saturated rings. The zero-order valence-corrected chi connectivity index (χ0v) is 12.6. The number of imidazole rings is 1. The van der Waals surface area contributed by atoms with Crippen LogP contribution in [0, 0.1) is 13.8 Å². The van der Waals surface area contributed by atoms with Crippen LogP contribution >= 0.6 is 11.3 Å². The van der Waals surface area contributed by atoms with Crippen molar-refractivity contribution in [3.63, 3.8) is 0 Å². The SMILES string of the molecule is Cc1nn2c(S(=O)(=O)NC(C)(C)C)c(C)nc2s1. The smallest absolute Gasteiger partial charge is 0.221 e. The van der Waals surface area contributed by atoms with Crippen molar-refractivity contribution >= 4 is 26.3 Å². The predicted octanol–water partition coefficient (Wildman–Crippen LogP) is 1.48. The van der Waals surface area contributed by atoms with E-state index in [0.717, 1.165) is 5.01 Å². The van der Waals surface area contributed by atoms with Gasteiger partial charge in [0.25, 0.3) is 10.0 Å². The van der Waals surface area contributed by atoms with Gasteiger partial charge in [0.15, 0.2) is 5.03 Å². The Morgan fingerprint density at radius 3 is 2.44 bits per heavy atom. The van der Waals surface area contributed by atoms with E-state index in [1.54, 1.807) is 27.7 Å². The normalized spacial score (nSPS) is 13.4. The van der Waals surface area contributed by atoms with Crippen LogP contribution in [-0.2, 0) is 10.0 Å². The summed E-state index contributed by atoms with van der Waals surface area (Å²) in [5.74, 6) is 0. The van der Waals surface area contributed by atoms with Crippen LogP contribution in [0.2, 0.25) is 0 Å². The number of nitrogens with one attached hydrogen (secondary N) is 1. The molecular weight excluding hydrogens is 272 g/mol. The van der Waals surface area contributed by atoms with Crippen molar-refractivity contribution in [2.24, 2.45) is 0 Å². The molecule has 6 nitrogen and oxygen atoms in total. The third-order valence-electron chi connectivity index (χ3n) is 2.12. The highest BCUT2D eigenvalue weighted by atomic mass is 32.2. The first-order valence-corrected chi connectivity index (χ1v) is 7.77. The van der Waals surface area contributed by atoms with Crippen LogP contribution in [0.5, 0.6) is 0 Å². The number of fused-ring (bicyclic) bond motifs is 1. The topological polar surface area (TPSA) is 76.4 Å². The molecule has 0 amide bonds. The summed E-state index contributed by atoms with van der Waals surface area (Å²) < 4.78 is 28.7. The van der Waals surface area contributed by atoms with Gasteiger partial charge >= 0.3 is 0 Å². The molecule has 1 N–H and O–H groups in total. The average Bonchev–Trinajstić information content (AvgIpc) is 2.52. The Kier molecular flexibility index (Phi) is 2.99. The summed E-state index contributed by atoms with van der Waals surface area (Å²) in [6.07, 6.45) is 0. The number of aromatic nitrogens is 3. The molecule has 18 heavy (non-hydrogen) atoms. The van der Waals surface area contributed by atoms with E-state index >= 15 is 0 Å². The highest BCUT2D eigenvalue weighted by molar-refractivity contribution is 7.89. The second-order valence-electron chi connectivity index (χ2n) is 5.17. The molecule has 0 radical (unpaired) electrons. The summed E-state index contributed by atoms with van der Waals surface area (Å²) in [5, 5.41) is 5.09. The zero-order chi connectivity index (χ0) is 13.7. The highest BCUT2D eigenvalue weighted by Gasteiger charge is 2.29. The van der Waals surface area contributed by atoms with Gasteiger partial charge in [-0.1, -0.05) is 11.3 Å². The van der Waals surface area contributed by atoms with Crippen molar-refractivity contribution in [1.82, 2.24) is 19.3 Å². The Hall–Kier alpha value is -0.990. The third kappa shape index (κ3) is 2.40. The maximum Gasteiger partial charge on any atom is 0.260 e. The van der Waals surface area contributed by atoms with Crippen LogP contribution < -0.4 is 4.72 Å². The number of aryl methyl sites for hydroxylation is 2. The maximum atomic E-state index is 12.3. The molecule has 8 heteroatoms. The van der Waals surface area contributed by atoms with Crippen molar-refractivity contribution < 1.29 is 8.42 Å². The Bertz CT molecular complexity index is 691. The van der Waals surface area contributed by atoms with Crippen molar-refractivity contribution in [1.29, 1.82) is 0 Å². The lowest BCUT2D eigenvalue weighted by Crippen LogP contribution is -2.41. The first-order valence-electron chi connectivity index (χ1n) is 5.47. The molecule has 2 rings (SSSR count). The monoisotopic (exact) mass is 288 g/mol. The van der Waals surface area contributed by atoms with Crippen LogP contribution in [0.1, 0.15) is 31.5 Å². The standard InChI is InChI=1S/C10H16N4O2S2/c1-6-8(18(15,16)13-10(3,4)5)14-9(11-6)17-7(2)12-14/h13H,1-5H3. The molecule has 0 spiro atoms. The molecule has 0 bridgehead atoms. The summed E-state index contributed by atoms with van der Waals surface area (Å²) in [6.45, 7) is 8.88. The largest absolute Gasteiger partial charge is 0.260 e. The van der Waals surface area contributed by atoms with Crippen molar-refractivity contribution in [2.75, 3.05) is 0 Å². The van der Waals surface area contributed by atoms with Crippen molar-refractivity contribution in [3.8, 4) is 0 Å². The number of sulfonamides is 1. The fraction of sp³-hybridized carbons (Fsp3) is 0.600. The number of hydrogen-bond donors (Lipinski definition) is 1. The molecule has 2 heterocycles. The summed E-state index contributed by atoms with van der Waals surface area (Å²) >= 11 is 1.37. The van der Waals surface area contributed by atoms with E-state index < -0.39 is 15.6 Å². The second kappa shape index (κ2) is 4.01. The summed E-state index contributed by atoms with van der Waals surface area (Å²) in [6, 6.07) is 0. The van der Waals surface area contributed by atoms with Gasteiger partial charge in [0, 0.05) is 5.54 Å². The Morgan fingerprint density at radius 2 is 1.89 bits per heavy atom. The minimum atomic E-state index is -3.62. The van der Waals surface area contributed by atoms with Gasteiger partial charge < -0.3 is 0 Å². The van der Waals surface area contributed by atoms with E-state index in [1.165, 1.54) is 15.9 Å². The first-order chi connectivity index (χ1) is 8.10. The van der Waals surface area contributed by atoms with E-state index in [0.29, 0.717) is 10.7 Å². The van der Waals surface area contributed by atoms with Crippen molar-refractivity contribution in [2.45, 2.75) is 45.2 Å². The van der Waals surface area contributed by atoms with Crippen LogP contribution in [0.15, 0.2) is 5.03 Å². The lowest BCUT2D eigenvalue weighted by atomic mass is 10.1. The highest BCUT2D eigenvalue weighted by Crippen LogP contribution is 2.22. The van der Waals surface area contributed by atoms with Gasteiger partial charge in [-0.15, -0.1) is 0 Å². The molecule has 0 saturated carbocycles. The van der Waals surface area contributed by atoms with Crippen LogP contribution in [0.4, 0.5) is 0 Å². The van der Waals surface area contributed by atoms with Gasteiger partial charge in [-0.05, 0) is 34.6 Å². The number of nitrogens with zero attached hydrogens (tertiary/aromatic N) is 3. The van der Waals surface area contributed by atoms with E-state index in [1.807, 2.05) is 6.92 Å². The van der Waals surface area contributed by atoms with E-state index in [2.05, 4.69) is 14.8 Å². The maximum absolute atomic E-state index is 12.3. The molecule has 0 aliphatic heterocycles. The minimum Gasteiger partial charge on any atom is -0.221 e. The number of hydrogen-bond acceptors (Lipinski definition) is 5. The Balaban J connectivity index is 2.63. The Labute approximate surface area is 110 Å². The quantitative estimate of drug-likeness (QED) is 0.908. The molecule has 0 aromatic carbocycles. The first kappa shape index (κ1) is 13.4. The lowest BCUT2D eigenvalue weighted by molar-refractivity contribution is 0.487. The lowest BCUT2D eigenvalue weighted by Gasteiger charge is -2.19. The van der Waals surface area contributed by atoms with Crippen LogP contribution in [0.25, 0.3) is 4.96 Å². The average molecular weight is 288 g/mol. The predicted molar refractivity (Wildman–Crippen MR) is 70.4 cm³/mol. The third-order valence-corrected chi connectivity index (χ3v) is 4.80. The van der Waals surface area contributed by atoms with E-state index in [-0.39, 0.29) is 5.03 Å². The van der Waals surface area contributed by atoms with Gasteiger partial charge in [0.2, 0.25) is 4.96 Å². The molecule has 0 unspecified atom stereocenters. The van der Waals surface area contributed by atoms with Gasteiger partial charge in [-0.2, -0.15) is 9.61 Å². The van der Waals surface area contributed by atoms with Crippen LogP contribution in [0.3, 0.4) is 0 Å². The van der Waals surface area contributed by atoms with Gasteiger partial charge in [-0.25, -0.2) is 18.1 Å². The summed E-state index contributed by atoms with van der Waals surface area (Å²) in [7, 11) is -3.62. The van der Waals surface area contributed by atoms with Gasteiger partial charge in [0.05, 0.1) is 5.69 Å².